The van der Waals surface area contributed by atoms with Gasteiger partial charge in [-0.25, -0.2) is 4.98 Å². The molecule has 0 aliphatic rings. The molecule has 0 aliphatic carbocycles. The molecule has 0 bridgehead atoms. The van der Waals surface area contributed by atoms with E-state index in [0.717, 1.165) is 17.7 Å². The van der Waals surface area contributed by atoms with E-state index < -0.39 is 0 Å². The van der Waals surface area contributed by atoms with Crippen LogP contribution in [0.2, 0.25) is 5.02 Å². The molecule has 0 aliphatic heterocycles. The lowest BCUT2D eigenvalue weighted by Crippen LogP contribution is -2.07. The van der Waals surface area contributed by atoms with Crippen LogP contribution in [0.5, 0.6) is 5.88 Å². The zero-order valence-electron chi connectivity index (χ0n) is 11.1. The van der Waals surface area contributed by atoms with E-state index in [1.54, 1.807) is 6.20 Å². The van der Waals surface area contributed by atoms with Crippen molar-refractivity contribution in [1.82, 2.24) is 10.3 Å². The predicted octanol–water partition coefficient (Wildman–Crippen LogP) is 3.59. The molecule has 2 rings (SSSR count). The summed E-state index contributed by atoms with van der Waals surface area (Å²) >= 11 is 6.18. The first kappa shape index (κ1) is 13.8. The van der Waals surface area contributed by atoms with Crippen LogP contribution in [0.4, 0.5) is 0 Å². The number of rotatable bonds is 5. The number of pyridine rings is 1. The summed E-state index contributed by atoms with van der Waals surface area (Å²) in [6, 6.07) is 11.9. The molecule has 1 aromatic carbocycles. The average Bonchev–Trinajstić information content (AvgIpc) is 2.43. The van der Waals surface area contributed by atoms with Gasteiger partial charge in [0.2, 0.25) is 5.88 Å². The summed E-state index contributed by atoms with van der Waals surface area (Å²) in [5.74, 6) is 0.470. The highest BCUT2D eigenvalue weighted by Gasteiger charge is 2.11. The normalized spacial score (nSPS) is 12.2. The van der Waals surface area contributed by atoms with Gasteiger partial charge in [-0.15, -0.1) is 0 Å². The molecule has 0 spiro atoms. The summed E-state index contributed by atoms with van der Waals surface area (Å²) in [6.45, 7) is 2.72. The molecule has 0 saturated heterocycles. The molecule has 2 aromatic rings. The number of nitrogens with zero attached hydrogens (tertiary/aromatic N) is 1. The van der Waals surface area contributed by atoms with Crippen molar-refractivity contribution in [3.05, 3.63) is 58.7 Å². The summed E-state index contributed by atoms with van der Waals surface area (Å²) in [4.78, 5) is 4.27. The highest BCUT2D eigenvalue weighted by atomic mass is 35.5. The van der Waals surface area contributed by atoms with Gasteiger partial charge < -0.3 is 10.1 Å². The molecular formula is C15H17ClN2O. The second-order valence-electron chi connectivity index (χ2n) is 4.33. The van der Waals surface area contributed by atoms with Gasteiger partial charge in [0.15, 0.2) is 0 Å². The number of benzene rings is 1. The minimum absolute atomic E-state index is 0.0821. The predicted molar refractivity (Wildman–Crippen MR) is 77.5 cm³/mol. The van der Waals surface area contributed by atoms with E-state index in [2.05, 4.69) is 10.3 Å². The molecule has 0 radical (unpaired) electrons. The topological polar surface area (TPSA) is 34.2 Å². The lowest BCUT2D eigenvalue weighted by Gasteiger charge is -2.15. The second-order valence-corrected chi connectivity index (χ2v) is 4.74. The minimum atomic E-state index is -0.0821. The van der Waals surface area contributed by atoms with Crippen molar-refractivity contribution in [2.45, 2.75) is 19.6 Å². The van der Waals surface area contributed by atoms with Crippen LogP contribution in [-0.4, -0.2) is 12.0 Å². The number of aromatic nitrogens is 1. The van der Waals surface area contributed by atoms with Gasteiger partial charge in [0.25, 0.3) is 0 Å². The standard InChI is InChI=1S/C15H17ClN2O/c1-11(13-6-4-3-5-7-13)19-15-14(16)8-12(9-17-2)10-18-15/h3-8,10-11,17H,9H2,1-2H3. The fourth-order valence-electron chi connectivity index (χ4n) is 1.81. The van der Waals surface area contributed by atoms with Crippen LogP contribution in [0.15, 0.2) is 42.6 Å². The van der Waals surface area contributed by atoms with Crippen LogP contribution >= 0.6 is 11.6 Å². The Bertz CT molecular complexity index is 531. The summed E-state index contributed by atoms with van der Waals surface area (Å²) in [7, 11) is 1.88. The molecule has 3 nitrogen and oxygen atoms in total. The lowest BCUT2D eigenvalue weighted by atomic mass is 10.1. The van der Waals surface area contributed by atoms with Crippen molar-refractivity contribution in [2.24, 2.45) is 0 Å². The number of halogens is 1. The Morgan fingerprint density at radius 1 is 1.32 bits per heavy atom. The molecule has 1 aromatic heterocycles. The third-order valence-electron chi connectivity index (χ3n) is 2.80. The van der Waals surface area contributed by atoms with Crippen LogP contribution in [0.25, 0.3) is 0 Å². The Morgan fingerprint density at radius 2 is 2.05 bits per heavy atom. The molecule has 0 fully saturated rings. The van der Waals surface area contributed by atoms with E-state index >= 15 is 0 Å². The van der Waals surface area contributed by atoms with Crippen molar-refractivity contribution in [2.75, 3.05) is 7.05 Å². The molecular weight excluding hydrogens is 260 g/mol. The van der Waals surface area contributed by atoms with Crippen LogP contribution in [-0.2, 0) is 6.54 Å². The quantitative estimate of drug-likeness (QED) is 0.906. The first-order chi connectivity index (χ1) is 9.20. The Balaban J connectivity index is 2.11. The molecule has 1 N–H and O–H groups in total. The van der Waals surface area contributed by atoms with Crippen molar-refractivity contribution in [3.63, 3.8) is 0 Å². The van der Waals surface area contributed by atoms with Gasteiger partial charge >= 0.3 is 0 Å². The number of hydrogen-bond acceptors (Lipinski definition) is 3. The largest absolute Gasteiger partial charge is 0.469 e. The van der Waals surface area contributed by atoms with Crippen LogP contribution in [0.1, 0.15) is 24.2 Å². The average molecular weight is 277 g/mol. The summed E-state index contributed by atoms with van der Waals surface area (Å²) < 4.78 is 5.80. The van der Waals surface area contributed by atoms with Gasteiger partial charge in [0.05, 0.1) is 0 Å². The second kappa shape index (κ2) is 6.55. The van der Waals surface area contributed by atoms with E-state index in [4.69, 9.17) is 16.3 Å². The van der Waals surface area contributed by atoms with Gasteiger partial charge in [-0.3, -0.25) is 0 Å². The van der Waals surface area contributed by atoms with E-state index in [1.165, 1.54) is 0 Å². The molecule has 0 amide bonds. The van der Waals surface area contributed by atoms with Crippen LogP contribution in [0.3, 0.4) is 0 Å². The van der Waals surface area contributed by atoms with E-state index in [0.29, 0.717) is 10.9 Å². The Hall–Kier alpha value is -1.58. The Morgan fingerprint density at radius 3 is 2.68 bits per heavy atom. The zero-order valence-corrected chi connectivity index (χ0v) is 11.8. The number of ether oxygens (including phenoxy) is 1. The zero-order chi connectivity index (χ0) is 13.7. The summed E-state index contributed by atoms with van der Waals surface area (Å²) in [5, 5.41) is 3.60. The third-order valence-corrected chi connectivity index (χ3v) is 3.07. The van der Waals surface area contributed by atoms with E-state index in [9.17, 15) is 0 Å². The number of hydrogen-bond donors (Lipinski definition) is 1. The molecule has 1 unspecified atom stereocenters. The van der Waals surface area contributed by atoms with Crippen LogP contribution < -0.4 is 10.1 Å². The molecule has 4 heteroatoms. The maximum atomic E-state index is 6.18. The smallest absolute Gasteiger partial charge is 0.233 e. The monoisotopic (exact) mass is 276 g/mol. The molecule has 100 valence electrons. The van der Waals surface area contributed by atoms with Crippen molar-refractivity contribution >= 4 is 11.6 Å². The van der Waals surface area contributed by atoms with Gasteiger partial charge in [-0.2, -0.15) is 0 Å². The van der Waals surface area contributed by atoms with Crippen molar-refractivity contribution in [1.29, 1.82) is 0 Å². The van der Waals surface area contributed by atoms with Gasteiger partial charge in [-0.1, -0.05) is 41.9 Å². The highest BCUT2D eigenvalue weighted by Crippen LogP contribution is 2.27. The van der Waals surface area contributed by atoms with Gasteiger partial charge in [-0.05, 0) is 31.2 Å². The summed E-state index contributed by atoms with van der Waals surface area (Å²) in [6.07, 6.45) is 1.69. The fraction of sp³-hybridized carbons (Fsp3) is 0.267. The SMILES string of the molecule is CNCc1cnc(OC(C)c2ccccc2)c(Cl)c1. The van der Waals surface area contributed by atoms with Gasteiger partial charge in [0.1, 0.15) is 11.1 Å². The minimum Gasteiger partial charge on any atom is -0.469 e. The first-order valence-electron chi connectivity index (χ1n) is 6.21. The fourth-order valence-corrected chi connectivity index (χ4v) is 2.05. The van der Waals surface area contributed by atoms with E-state index in [1.807, 2.05) is 50.4 Å². The molecule has 1 heterocycles. The van der Waals surface area contributed by atoms with E-state index in [-0.39, 0.29) is 6.10 Å². The number of nitrogens with one attached hydrogen (secondary N) is 1. The van der Waals surface area contributed by atoms with Crippen molar-refractivity contribution < 1.29 is 4.74 Å². The third kappa shape index (κ3) is 3.69. The molecule has 19 heavy (non-hydrogen) atoms. The molecule has 1 atom stereocenters. The Labute approximate surface area is 118 Å². The molecule has 0 saturated carbocycles. The summed E-state index contributed by atoms with van der Waals surface area (Å²) in [5.41, 5.74) is 2.13. The first-order valence-corrected chi connectivity index (χ1v) is 6.59. The maximum Gasteiger partial charge on any atom is 0.233 e. The van der Waals surface area contributed by atoms with Crippen LogP contribution in [0, 0.1) is 0 Å². The van der Waals surface area contributed by atoms with Gasteiger partial charge in [0, 0.05) is 12.7 Å². The Kier molecular flexibility index (Phi) is 4.77. The lowest BCUT2D eigenvalue weighted by molar-refractivity contribution is 0.217. The van der Waals surface area contributed by atoms with Crippen molar-refractivity contribution in [3.8, 4) is 5.88 Å². The highest BCUT2D eigenvalue weighted by molar-refractivity contribution is 6.31. The maximum absolute atomic E-state index is 6.18.